The van der Waals surface area contributed by atoms with Gasteiger partial charge < -0.3 is 10.0 Å². The van der Waals surface area contributed by atoms with Gasteiger partial charge in [-0.3, -0.25) is 4.79 Å². The van der Waals surface area contributed by atoms with Crippen molar-refractivity contribution in [2.24, 2.45) is 5.92 Å². The first-order valence-electron chi connectivity index (χ1n) is 6.66. The first kappa shape index (κ1) is 12.8. The Morgan fingerprint density at radius 1 is 1.35 bits per heavy atom. The number of rotatable bonds is 3. The van der Waals surface area contributed by atoms with Crippen LogP contribution in [0, 0.1) is 5.92 Å². The SMILES string of the molecule is O=C(c1cn(-c2ccccc2)nn1)N1CCC(CO)C1. The summed E-state index contributed by atoms with van der Waals surface area (Å²) in [5, 5.41) is 17.1. The second kappa shape index (κ2) is 5.42. The van der Waals surface area contributed by atoms with E-state index in [4.69, 9.17) is 5.11 Å². The summed E-state index contributed by atoms with van der Waals surface area (Å²) in [7, 11) is 0. The lowest BCUT2D eigenvalue weighted by atomic mass is 10.1. The molecule has 0 bridgehead atoms. The Labute approximate surface area is 116 Å². The molecule has 1 aromatic heterocycles. The van der Waals surface area contributed by atoms with Crippen LogP contribution in [-0.2, 0) is 0 Å². The number of hydrogen-bond acceptors (Lipinski definition) is 4. The van der Waals surface area contributed by atoms with E-state index in [1.807, 2.05) is 30.3 Å². The number of aliphatic hydroxyl groups excluding tert-OH is 1. The van der Waals surface area contributed by atoms with E-state index in [1.54, 1.807) is 15.8 Å². The molecular weight excluding hydrogens is 256 g/mol. The minimum Gasteiger partial charge on any atom is -0.396 e. The average Bonchev–Trinajstić information content (AvgIpc) is 3.17. The lowest BCUT2D eigenvalue weighted by Crippen LogP contribution is -2.29. The molecule has 1 fully saturated rings. The number of benzene rings is 1. The quantitative estimate of drug-likeness (QED) is 0.893. The van der Waals surface area contributed by atoms with Crippen molar-refractivity contribution in [2.75, 3.05) is 19.7 Å². The first-order valence-corrected chi connectivity index (χ1v) is 6.66. The molecule has 1 N–H and O–H groups in total. The normalized spacial score (nSPS) is 18.4. The molecule has 1 aliphatic rings. The molecule has 0 radical (unpaired) electrons. The fourth-order valence-electron chi connectivity index (χ4n) is 2.40. The Morgan fingerprint density at radius 2 is 2.15 bits per heavy atom. The van der Waals surface area contributed by atoms with E-state index in [0.29, 0.717) is 18.8 Å². The van der Waals surface area contributed by atoms with Gasteiger partial charge in [0.25, 0.3) is 5.91 Å². The average molecular weight is 272 g/mol. The van der Waals surface area contributed by atoms with Crippen LogP contribution in [0.5, 0.6) is 0 Å². The highest BCUT2D eigenvalue weighted by molar-refractivity contribution is 5.92. The molecule has 1 amide bonds. The number of amides is 1. The van der Waals surface area contributed by atoms with Crippen molar-refractivity contribution in [1.29, 1.82) is 0 Å². The zero-order valence-electron chi connectivity index (χ0n) is 11.0. The number of para-hydroxylation sites is 1. The number of aromatic nitrogens is 3. The van der Waals surface area contributed by atoms with E-state index in [9.17, 15) is 4.79 Å². The summed E-state index contributed by atoms with van der Waals surface area (Å²) in [5.41, 5.74) is 1.21. The van der Waals surface area contributed by atoms with Gasteiger partial charge in [-0.05, 0) is 18.6 Å². The van der Waals surface area contributed by atoms with Crippen molar-refractivity contribution >= 4 is 5.91 Å². The molecule has 0 spiro atoms. The van der Waals surface area contributed by atoms with Crippen molar-refractivity contribution < 1.29 is 9.90 Å². The van der Waals surface area contributed by atoms with Gasteiger partial charge in [-0.2, -0.15) is 0 Å². The third-order valence-electron chi connectivity index (χ3n) is 3.56. The van der Waals surface area contributed by atoms with Crippen molar-refractivity contribution in [1.82, 2.24) is 19.9 Å². The van der Waals surface area contributed by atoms with Gasteiger partial charge in [0, 0.05) is 25.6 Å². The van der Waals surface area contributed by atoms with Crippen LogP contribution in [0.2, 0.25) is 0 Å². The fraction of sp³-hybridized carbons (Fsp3) is 0.357. The van der Waals surface area contributed by atoms with E-state index in [2.05, 4.69) is 10.3 Å². The first-order chi connectivity index (χ1) is 9.78. The van der Waals surface area contributed by atoms with Gasteiger partial charge in [-0.1, -0.05) is 23.4 Å². The second-order valence-corrected chi connectivity index (χ2v) is 4.97. The monoisotopic (exact) mass is 272 g/mol. The molecule has 6 heteroatoms. The Hall–Kier alpha value is -2.21. The molecule has 1 atom stereocenters. The minimum atomic E-state index is -0.122. The predicted molar refractivity (Wildman–Crippen MR) is 72.5 cm³/mol. The molecule has 0 saturated carbocycles. The number of likely N-dealkylation sites (tertiary alicyclic amines) is 1. The smallest absolute Gasteiger partial charge is 0.276 e. The highest BCUT2D eigenvalue weighted by atomic mass is 16.3. The fourth-order valence-corrected chi connectivity index (χ4v) is 2.40. The maximum atomic E-state index is 12.3. The predicted octanol–water partition coefficient (Wildman–Crippen LogP) is 0.722. The van der Waals surface area contributed by atoms with Gasteiger partial charge in [0.1, 0.15) is 0 Å². The van der Waals surface area contributed by atoms with Crippen LogP contribution in [-0.4, -0.2) is 50.6 Å². The zero-order valence-corrected chi connectivity index (χ0v) is 11.0. The van der Waals surface area contributed by atoms with Crippen LogP contribution in [0.15, 0.2) is 36.5 Å². The second-order valence-electron chi connectivity index (χ2n) is 4.97. The highest BCUT2D eigenvalue weighted by Crippen LogP contribution is 2.17. The van der Waals surface area contributed by atoms with Crippen LogP contribution in [0.25, 0.3) is 5.69 Å². The molecule has 0 aliphatic carbocycles. The number of carbonyl (C=O) groups is 1. The summed E-state index contributed by atoms with van der Waals surface area (Å²) in [6, 6.07) is 9.54. The van der Waals surface area contributed by atoms with Crippen LogP contribution in [0.3, 0.4) is 0 Å². The van der Waals surface area contributed by atoms with Gasteiger partial charge >= 0.3 is 0 Å². The van der Waals surface area contributed by atoms with E-state index >= 15 is 0 Å². The molecule has 1 unspecified atom stereocenters. The Kier molecular flexibility index (Phi) is 3.47. The standard InChI is InChI=1S/C14H16N4O2/c19-10-11-6-7-17(8-11)14(20)13-9-18(16-15-13)12-4-2-1-3-5-12/h1-5,9,11,19H,6-8,10H2. The van der Waals surface area contributed by atoms with Crippen molar-refractivity contribution in [2.45, 2.75) is 6.42 Å². The van der Waals surface area contributed by atoms with Crippen molar-refractivity contribution in [3.8, 4) is 5.69 Å². The van der Waals surface area contributed by atoms with E-state index in [1.165, 1.54) is 0 Å². The maximum Gasteiger partial charge on any atom is 0.276 e. The molecule has 3 rings (SSSR count). The summed E-state index contributed by atoms with van der Waals surface area (Å²) in [4.78, 5) is 14.0. The summed E-state index contributed by atoms with van der Waals surface area (Å²) in [6.45, 7) is 1.39. The van der Waals surface area contributed by atoms with Gasteiger partial charge in [0.05, 0.1) is 11.9 Å². The maximum absolute atomic E-state index is 12.3. The third kappa shape index (κ3) is 2.42. The Morgan fingerprint density at radius 3 is 2.85 bits per heavy atom. The molecule has 1 aromatic carbocycles. The number of hydrogen-bond donors (Lipinski definition) is 1. The summed E-state index contributed by atoms with van der Waals surface area (Å²) in [6.07, 6.45) is 2.49. The molecule has 1 aliphatic heterocycles. The lowest BCUT2D eigenvalue weighted by molar-refractivity contribution is 0.0776. The number of carbonyl (C=O) groups excluding carboxylic acids is 1. The molecule has 20 heavy (non-hydrogen) atoms. The van der Waals surface area contributed by atoms with Crippen molar-refractivity contribution in [3.05, 3.63) is 42.2 Å². The molecular formula is C14H16N4O2. The molecule has 2 heterocycles. The molecule has 1 saturated heterocycles. The Balaban J connectivity index is 1.76. The van der Waals surface area contributed by atoms with Crippen LogP contribution < -0.4 is 0 Å². The topological polar surface area (TPSA) is 71.2 Å². The van der Waals surface area contributed by atoms with Crippen molar-refractivity contribution in [3.63, 3.8) is 0 Å². The zero-order chi connectivity index (χ0) is 13.9. The van der Waals surface area contributed by atoms with Gasteiger partial charge in [-0.15, -0.1) is 5.10 Å². The van der Waals surface area contributed by atoms with E-state index < -0.39 is 0 Å². The minimum absolute atomic E-state index is 0.122. The van der Waals surface area contributed by atoms with Crippen LogP contribution >= 0.6 is 0 Å². The highest BCUT2D eigenvalue weighted by Gasteiger charge is 2.27. The van der Waals surface area contributed by atoms with E-state index in [0.717, 1.165) is 12.1 Å². The van der Waals surface area contributed by atoms with Crippen LogP contribution in [0.4, 0.5) is 0 Å². The van der Waals surface area contributed by atoms with Gasteiger partial charge in [0.15, 0.2) is 5.69 Å². The largest absolute Gasteiger partial charge is 0.396 e. The van der Waals surface area contributed by atoms with E-state index in [-0.39, 0.29) is 18.4 Å². The number of nitrogens with zero attached hydrogens (tertiary/aromatic N) is 4. The van der Waals surface area contributed by atoms with Gasteiger partial charge in [0.2, 0.25) is 0 Å². The van der Waals surface area contributed by atoms with Gasteiger partial charge in [-0.25, -0.2) is 4.68 Å². The third-order valence-corrected chi connectivity index (χ3v) is 3.56. The molecule has 104 valence electrons. The molecule has 6 nitrogen and oxygen atoms in total. The summed E-state index contributed by atoms with van der Waals surface area (Å²) >= 11 is 0. The molecule has 2 aromatic rings. The Bertz CT molecular complexity index is 596. The van der Waals surface area contributed by atoms with Crippen LogP contribution in [0.1, 0.15) is 16.9 Å². The summed E-state index contributed by atoms with van der Waals surface area (Å²) in [5.74, 6) is 0.0613. The summed E-state index contributed by atoms with van der Waals surface area (Å²) < 4.78 is 1.59. The lowest BCUT2D eigenvalue weighted by Gasteiger charge is -2.13. The number of aliphatic hydroxyl groups is 1.